The summed E-state index contributed by atoms with van der Waals surface area (Å²) in [6.07, 6.45) is 5.05. The van der Waals surface area contributed by atoms with Crippen molar-refractivity contribution in [3.63, 3.8) is 0 Å². The lowest BCUT2D eigenvalue weighted by Crippen LogP contribution is -2.08. The first-order valence-electron chi connectivity index (χ1n) is 13.1. The van der Waals surface area contributed by atoms with E-state index in [1.54, 1.807) is 12.1 Å². The number of phenolic OH excluding ortho intramolecular Hbond substituents is 1. The number of benzene rings is 2. The summed E-state index contributed by atoms with van der Waals surface area (Å²) in [5.41, 5.74) is 15.5. The van der Waals surface area contributed by atoms with Gasteiger partial charge in [0.2, 0.25) is 0 Å². The molecular weight excluding hydrogens is 521 g/mol. The number of phosphoric ester groups is 1. The van der Waals surface area contributed by atoms with Crippen molar-refractivity contribution in [3.05, 3.63) is 53.3 Å². The van der Waals surface area contributed by atoms with E-state index in [9.17, 15) is 19.5 Å². The molecule has 11 nitrogen and oxygen atoms in total. The molecule has 0 spiro atoms. The Morgan fingerprint density at radius 3 is 2.59 bits per heavy atom. The molecule has 12 heteroatoms. The average molecular weight is 558 g/mol. The molecule has 210 valence electrons. The zero-order valence-electron chi connectivity index (χ0n) is 22.0. The number of nitrogen functional groups attached to an aromatic ring is 1. The van der Waals surface area contributed by atoms with Crippen molar-refractivity contribution >= 4 is 35.6 Å². The van der Waals surface area contributed by atoms with E-state index in [0.29, 0.717) is 43.1 Å². The number of aromatic hydroxyl groups is 1. The fraction of sp³-hybridized carbons (Fsp3) is 0.407. The largest absolute Gasteiger partial charge is 0.524 e. The van der Waals surface area contributed by atoms with E-state index in [4.69, 9.17) is 25.7 Å². The van der Waals surface area contributed by atoms with Gasteiger partial charge in [-0.1, -0.05) is 37.6 Å². The number of phenols is 1. The Morgan fingerprint density at radius 2 is 1.85 bits per heavy atom. The number of nitrogens with zero attached hydrogens (tertiary/aromatic N) is 3. The highest BCUT2D eigenvalue weighted by atomic mass is 31.2. The molecule has 2 heterocycles. The van der Waals surface area contributed by atoms with Crippen LogP contribution in [0.1, 0.15) is 49.6 Å². The molecule has 0 amide bonds. The van der Waals surface area contributed by atoms with Gasteiger partial charge in [0.15, 0.2) is 17.3 Å². The Morgan fingerprint density at radius 1 is 1.05 bits per heavy atom. The lowest BCUT2D eigenvalue weighted by atomic mass is 10.1. The average Bonchev–Trinajstić information content (AvgIpc) is 3.25. The van der Waals surface area contributed by atoms with Gasteiger partial charge in [-0.05, 0) is 49.9 Å². The fourth-order valence-electron chi connectivity index (χ4n) is 4.61. The van der Waals surface area contributed by atoms with Crippen LogP contribution in [0.3, 0.4) is 0 Å². The maximum absolute atomic E-state index is 11.6. The lowest BCUT2D eigenvalue weighted by Gasteiger charge is -2.16. The number of imidazole rings is 1. The van der Waals surface area contributed by atoms with Crippen LogP contribution in [0.2, 0.25) is 0 Å². The predicted molar refractivity (Wildman–Crippen MR) is 151 cm³/mol. The van der Waals surface area contributed by atoms with Crippen LogP contribution in [0, 0.1) is 0 Å². The second-order valence-electron chi connectivity index (χ2n) is 9.47. The highest BCUT2D eigenvalue weighted by Crippen LogP contribution is 2.44. The van der Waals surface area contributed by atoms with Crippen LogP contribution in [0.4, 0.5) is 5.82 Å². The summed E-state index contributed by atoms with van der Waals surface area (Å²) in [7, 11) is -4.91. The minimum Gasteiger partial charge on any atom is -0.504 e. The zero-order chi connectivity index (χ0) is 28.0. The van der Waals surface area contributed by atoms with Crippen molar-refractivity contribution in [2.45, 2.75) is 52.0 Å². The van der Waals surface area contributed by atoms with Crippen LogP contribution in [0.5, 0.6) is 11.5 Å². The molecule has 0 atom stereocenters. The number of fused-ring (bicyclic) bond motifs is 3. The summed E-state index contributed by atoms with van der Waals surface area (Å²) in [6.45, 7) is 4.17. The van der Waals surface area contributed by atoms with Crippen molar-refractivity contribution in [2.24, 2.45) is 5.73 Å². The van der Waals surface area contributed by atoms with Gasteiger partial charge in [-0.25, -0.2) is 14.5 Å². The summed E-state index contributed by atoms with van der Waals surface area (Å²) >= 11 is 0. The monoisotopic (exact) mass is 557 g/mol. The van der Waals surface area contributed by atoms with Gasteiger partial charge >= 0.3 is 7.82 Å². The van der Waals surface area contributed by atoms with E-state index in [1.165, 1.54) is 6.07 Å². The number of pyridine rings is 1. The van der Waals surface area contributed by atoms with Gasteiger partial charge in [0.1, 0.15) is 11.3 Å². The number of phosphoric acid groups is 1. The van der Waals surface area contributed by atoms with Crippen LogP contribution < -0.4 is 16.0 Å². The highest BCUT2D eigenvalue weighted by molar-refractivity contribution is 7.46. The van der Waals surface area contributed by atoms with E-state index >= 15 is 0 Å². The first kappa shape index (κ1) is 28.8. The Balaban J connectivity index is 1.76. The van der Waals surface area contributed by atoms with Crippen LogP contribution in [0.25, 0.3) is 21.9 Å². The van der Waals surface area contributed by atoms with Crippen molar-refractivity contribution in [2.75, 3.05) is 25.5 Å². The van der Waals surface area contributed by atoms with Gasteiger partial charge in [-0.2, -0.15) is 0 Å². The summed E-state index contributed by atoms with van der Waals surface area (Å²) in [5.74, 6) is 0.436. The number of anilines is 1. The number of para-hydroxylation sites is 1. The lowest BCUT2D eigenvalue weighted by molar-refractivity contribution is 0.131. The normalized spacial score (nSPS) is 12.0. The number of unbranched alkanes of at least 4 members (excludes halogenated alkanes) is 1. The number of aryl methyl sites for hydroxylation is 2. The number of aromatic nitrogens is 3. The highest BCUT2D eigenvalue weighted by Gasteiger charge is 2.24. The summed E-state index contributed by atoms with van der Waals surface area (Å²) in [5, 5.41) is 11.2. The zero-order valence-corrected chi connectivity index (χ0v) is 22.9. The first-order valence-corrected chi connectivity index (χ1v) is 14.7. The molecular formula is C27H36N5O6P. The standard InChI is InChI=1S/C27H36N5O6P/c1-2-3-10-23-31-24-25(32(23)17-19-8-4-9-22(33)26(19)38-39(34,35)36)20-12-11-18(16-21(20)30-27(24)29)7-5-14-37-15-6-13-28/h4,8-9,11-12,16,33H,2-3,5-7,10,13-15,17,28H2,1H3,(H2,29,30)(H2,34,35,36). The number of rotatable bonds is 14. The minimum absolute atomic E-state index is 0.153. The maximum atomic E-state index is 11.6. The third-order valence-corrected chi connectivity index (χ3v) is 6.88. The molecule has 7 N–H and O–H groups in total. The van der Waals surface area contributed by atoms with Gasteiger partial charge in [0, 0.05) is 30.6 Å². The predicted octanol–water partition coefficient (Wildman–Crippen LogP) is 4.03. The molecule has 39 heavy (non-hydrogen) atoms. The molecule has 2 aromatic heterocycles. The van der Waals surface area contributed by atoms with Gasteiger partial charge in [0.25, 0.3) is 0 Å². The van der Waals surface area contributed by atoms with Crippen molar-refractivity contribution < 1.29 is 28.7 Å². The molecule has 4 rings (SSSR count). The van der Waals surface area contributed by atoms with Crippen molar-refractivity contribution in [3.8, 4) is 11.5 Å². The number of ether oxygens (including phenoxy) is 1. The summed E-state index contributed by atoms with van der Waals surface area (Å²) < 4.78 is 24.1. The van der Waals surface area contributed by atoms with Crippen LogP contribution >= 0.6 is 7.82 Å². The molecule has 0 fully saturated rings. The van der Waals surface area contributed by atoms with Gasteiger partial charge in [0.05, 0.1) is 17.6 Å². The van der Waals surface area contributed by atoms with E-state index in [2.05, 4.69) is 18.0 Å². The molecule has 0 unspecified atom stereocenters. The Bertz CT molecular complexity index is 1490. The SMILES string of the molecule is CCCCc1nc2c(N)nc3cc(CCCOCCCN)ccc3c2n1Cc1cccc(O)c1OP(=O)(O)O. The Hall–Kier alpha value is -3.21. The molecule has 0 aliphatic rings. The topological polar surface area (TPSA) is 179 Å². The molecule has 2 aromatic carbocycles. The minimum atomic E-state index is -4.91. The van der Waals surface area contributed by atoms with Gasteiger partial charge in [-0.15, -0.1) is 0 Å². The third kappa shape index (κ3) is 7.06. The van der Waals surface area contributed by atoms with E-state index in [-0.39, 0.29) is 18.0 Å². The van der Waals surface area contributed by atoms with Crippen molar-refractivity contribution in [1.82, 2.24) is 14.5 Å². The Labute approximate surface area is 227 Å². The van der Waals surface area contributed by atoms with Crippen LogP contribution in [-0.4, -0.2) is 49.2 Å². The van der Waals surface area contributed by atoms with E-state index < -0.39 is 7.82 Å². The fourth-order valence-corrected chi connectivity index (χ4v) is 5.06. The second kappa shape index (κ2) is 12.8. The van der Waals surface area contributed by atoms with Crippen molar-refractivity contribution in [1.29, 1.82) is 0 Å². The summed E-state index contributed by atoms with van der Waals surface area (Å²) in [4.78, 5) is 28.3. The number of hydrogen-bond donors (Lipinski definition) is 5. The molecule has 4 aromatic rings. The van der Waals surface area contributed by atoms with E-state index in [1.807, 2.05) is 16.7 Å². The third-order valence-electron chi connectivity index (χ3n) is 6.46. The summed E-state index contributed by atoms with van der Waals surface area (Å²) in [6, 6.07) is 10.7. The van der Waals surface area contributed by atoms with Crippen LogP contribution in [-0.2, 0) is 28.7 Å². The number of hydrogen-bond acceptors (Lipinski definition) is 8. The second-order valence-corrected chi connectivity index (χ2v) is 10.6. The van der Waals surface area contributed by atoms with Gasteiger partial charge in [-0.3, -0.25) is 9.79 Å². The molecule has 0 saturated carbocycles. The molecule has 0 saturated heterocycles. The Kier molecular flexibility index (Phi) is 9.42. The smallest absolute Gasteiger partial charge is 0.504 e. The van der Waals surface area contributed by atoms with Gasteiger partial charge < -0.3 is 30.4 Å². The first-order chi connectivity index (χ1) is 18.7. The van der Waals surface area contributed by atoms with E-state index in [0.717, 1.165) is 59.9 Å². The molecule has 0 radical (unpaired) electrons. The molecule has 0 aliphatic heterocycles. The number of nitrogens with two attached hydrogens (primary N) is 2. The quantitative estimate of drug-likeness (QED) is 0.112. The maximum Gasteiger partial charge on any atom is 0.524 e. The molecule has 0 bridgehead atoms. The van der Waals surface area contributed by atoms with Crippen LogP contribution in [0.15, 0.2) is 36.4 Å². The molecule has 0 aliphatic carbocycles.